The summed E-state index contributed by atoms with van der Waals surface area (Å²) in [6.07, 6.45) is 3.36. The maximum atomic E-state index is 11.9. The van der Waals surface area contributed by atoms with Crippen molar-refractivity contribution in [2.75, 3.05) is 11.1 Å². The number of amides is 1. The van der Waals surface area contributed by atoms with Crippen molar-refractivity contribution in [1.29, 1.82) is 0 Å². The number of nitrogens with one attached hydrogen (secondary N) is 1. The number of thioether (sulfide) groups is 1. The molecule has 0 unspecified atom stereocenters. The van der Waals surface area contributed by atoms with E-state index >= 15 is 0 Å². The highest BCUT2D eigenvalue weighted by Gasteiger charge is 2.10. The lowest BCUT2D eigenvalue weighted by Crippen LogP contribution is -2.15. The largest absolute Gasteiger partial charge is 0.459 e. The van der Waals surface area contributed by atoms with Crippen molar-refractivity contribution in [3.63, 3.8) is 0 Å². The number of esters is 1. The average molecular weight is 333 g/mol. The third-order valence-corrected chi connectivity index (χ3v) is 3.91. The van der Waals surface area contributed by atoms with Gasteiger partial charge in [0.25, 0.3) is 0 Å². The minimum atomic E-state index is -0.372. The first-order valence-electron chi connectivity index (χ1n) is 7.16. The first kappa shape index (κ1) is 17.1. The van der Waals surface area contributed by atoms with Gasteiger partial charge in [-0.2, -0.15) is 0 Å². The number of carbonyl (C=O) groups excluding carboxylic acids is 2. The maximum absolute atomic E-state index is 11.9. The molecule has 122 valence electrons. The lowest BCUT2D eigenvalue weighted by Gasteiger charge is -2.09. The molecule has 1 heterocycles. The van der Waals surface area contributed by atoms with Crippen LogP contribution in [-0.2, 0) is 16.6 Å². The molecule has 0 bridgehead atoms. The van der Waals surface area contributed by atoms with E-state index in [1.54, 1.807) is 44.3 Å². The zero-order chi connectivity index (χ0) is 16.8. The minimum absolute atomic E-state index is 0.129. The number of anilines is 1. The normalized spacial score (nSPS) is 10.6. The average Bonchev–Trinajstić information content (AvgIpc) is 2.90. The number of aromatic nitrogens is 2. The van der Waals surface area contributed by atoms with Gasteiger partial charge in [-0.05, 0) is 38.1 Å². The second-order valence-corrected chi connectivity index (χ2v) is 6.13. The van der Waals surface area contributed by atoms with Crippen molar-refractivity contribution in [2.45, 2.75) is 25.1 Å². The van der Waals surface area contributed by atoms with Crippen LogP contribution < -0.4 is 5.32 Å². The molecule has 0 aliphatic rings. The van der Waals surface area contributed by atoms with E-state index < -0.39 is 0 Å². The summed E-state index contributed by atoms with van der Waals surface area (Å²) in [4.78, 5) is 27.8. The van der Waals surface area contributed by atoms with Gasteiger partial charge in [0.15, 0.2) is 5.16 Å². The van der Waals surface area contributed by atoms with E-state index in [9.17, 15) is 9.59 Å². The van der Waals surface area contributed by atoms with E-state index in [1.165, 1.54) is 11.8 Å². The van der Waals surface area contributed by atoms with Crippen LogP contribution in [0.3, 0.4) is 0 Å². The van der Waals surface area contributed by atoms with Gasteiger partial charge in [0.05, 0.1) is 17.4 Å². The predicted octanol–water partition coefficient (Wildman–Crippen LogP) is 2.72. The lowest BCUT2D eigenvalue weighted by atomic mass is 10.2. The van der Waals surface area contributed by atoms with Gasteiger partial charge >= 0.3 is 5.97 Å². The summed E-state index contributed by atoms with van der Waals surface area (Å²) in [5.41, 5.74) is 1.09. The number of rotatable bonds is 6. The summed E-state index contributed by atoms with van der Waals surface area (Å²) in [6.45, 7) is 3.59. The molecule has 6 nitrogen and oxygen atoms in total. The van der Waals surface area contributed by atoms with Crippen LogP contribution in [0.2, 0.25) is 0 Å². The molecule has 23 heavy (non-hydrogen) atoms. The number of aryl methyl sites for hydroxylation is 1. The van der Waals surface area contributed by atoms with Crippen LogP contribution in [0.1, 0.15) is 24.2 Å². The summed E-state index contributed by atoms with van der Waals surface area (Å²) in [6, 6.07) is 6.62. The number of benzene rings is 1. The van der Waals surface area contributed by atoms with Crippen molar-refractivity contribution < 1.29 is 14.3 Å². The van der Waals surface area contributed by atoms with Gasteiger partial charge in [0.2, 0.25) is 5.91 Å². The second kappa shape index (κ2) is 7.82. The maximum Gasteiger partial charge on any atom is 0.338 e. The van der Waals surface area contributed by atoms with Gasteiger partial charge in [-0.15, -0.1) is 0 Å². The fraction of sp³-hybridized carbons (Fsp3) is 0.312. The Kier molecular flexibility index (Phi) is 5.81. The zero-order valence-corrected chi connectivity index (χ0v) is 14.1. The summed E-state index contributed by atoms with van der Waals surface area (Å²) < 4.78 is 6.96. The number of nitrogens with zero attached hydrogens (tertiary/aromatic N) is 2. The Balaban J connectivity index is 1.86. The third-order valence-electron chi connectivity index (χ3n) is 2.86. The minimum Gasteiger partial charge on any atom is -0.459 e. The van der Waals surface area contributed by atoms with Crippen LogP contribution in [-0.4, -0.2) is 33.3 Å². The Hall–Kier alpha value is -2.28. The van der Waals surface area contributed by atoms with E-state index in [0.29, 0.717) is 11.3 Å². The second-order valence-electron chi connectivity index (χ2n) is 5.19. The Bertz CT molecular complexity index is 680. The molecular weight excluding hydrogens is 314 g/mol. The molecule has 0 saturated carbocycles. The highest BCUT2D eigenvalue weighted by atomic mass is 32.2. The van der Waals surface area contributed by atoms with Crippen LogP contribution in [0, 0.1) is 0 Å². The monoisotopic (exact) mass is 333 g/mol. The topological polar surface area (TPSA) is 73.2 Å². The molecule has 0 aliphatic heterocycles. The highest BCUT2D eigenvalue weighted by Crippen LogP contribution is 2.16. The smallest absolute Gasteiger partial charge is 0.338 e. The van der Waals surface area contributed by atoms with Gasteiger partial charge in [0.1, 0.15) is 0 Å². The molecule has 0 fully saturated rings. The Morgan fingerprint density at radius 2 is 2.00 bits per heavy atom. The van der Waals surface area contributed by atoms with Crippen molar-refractivity contribution in [3.05, 3.63) is 42.2 Å². The number of hydrogen-bond acceptors (Lipinski definition) is 5. The van der Waals surface area contributed by atoms with Gasteiger partial charge in [-0.3, -0.25) is 4.79 Å². The number of carbonyl (C=O) groups is 2. The van der Waals surface area contributed by atoms with E-state index in [0.717, 1.165) is 5.16 Å². The molecule has 1 aromatic heterocycles. The molecule has 2 rings (SSSR count). The molecule has 0 saturated heterocycles. The van der Waals surface area contributed by atoms with Crippen LogP contribution in [0.15, 0.2) is 41.8 Å². The predicted molar refractivity (Wildman–Crippen MR) is 89.6 cm³/mol. The van der Waals surface area contributed by atoms with Gasteiger partial charge in [-0.25, -0.2) is 9.78 Å². The molecule has 0 aliphatic carbocycles. The zero-order valence-electron chi connectivity index (χ0n) is 13.3. The third kappa shape index (κ3) is 5.14. The fourth-order valence-corrected chi connectivity index (χ4v) is 2.52. The SMILES string of the molecule is CC(C)OC(=O)c1ccc(NC(=O)CSc2nccn2C)cc1. The molecule has 0 atom stereocenters. The van der Waals surface area contributed by atoms with Crippen LogP contribution >= 0.6 is 11.8 Å². The van der Waals surface area contributed by atoms with E-state index in [4.69, 9.17) is 4.74 Å². The fourth-order valence-electron chi connectivity index (χ4n) is 1.79. The van der Waals surface area contributed by atoms with Crippen molar-refractivity contribution in [3.8, 4) is 0 Å². The lowest BCUT2D eigenvalue weighted by molar-refractivity contribution is -0.113. The van der Waals surface area contributed by atoms with Crippen LogP contribution in [0.5, 0.6) is 0 Å². The Morgan fingerprint density at radius 1 is 1.30 bits per heavy atom. The molecule has 1 aromatic carbocycles. The van der Waals surface area contributed by atoms with E-state index in [1.807, 2.05) is 17.8 Å². The molecule has 1 N–H and O–H groups in total. The number of imidazole rings is 1. The van der Waals surface area contributed by atoms with Crippen LogP contribution in [0.25, 0.3) is 0 Å². The van der Waals surface area contributed by atoms with Crippen molar-refractivity contribution >= 4 is 29.3 Å². The molecule has 0 radical (unpaired) electrons. The number of ether oxygens (including phenoxy) is 1. The van der Waals surface area contributed by atoms with Gasteiger partial charge in [0, 0.05) is 25.1 Å². The Labute approximate surface area is 139 Å². The summed E-state index contributed by atoms with van der Waals surface area (Å²) in [5.74, 6) is -0.235. The molecule has 0 spiro atoms. The Morgan fingerprint density at radius 3 is 2.57 bits per heavy atom. The van der Waals surface area contributed by atoms with E-state index in [-0.39, 0.29) is 23.7 Å². The summed E-state index contributed by atoms with van der Waals surface area (Å²) >= 11 is 1.36. The van der Waals surface area contributed by atoms with Gasteiger partial charge in [-0.1, -0.05) is 11.8 Å². The summed E-state index contributed by atoms with van der Waals surface area (Å²) in [7, 11) is 1.88. The summed E-state index contributed by atoms with van der Waals surface area (Å²) in [5, 5.41) is 3.57. The van der Waals surface area contributed by atoms with Crippen molar-refractivity contribution in [1.82, 2.24) is 9.55 Å². The van der Waals surface area contributed by atoms with Crippen LogP contribution in [0.4, 0.5) is 5.69 Å². The molecular formula is C16H19N3O3S. The standard InChI is InChI=1S/C16H19N3O3S/c1-11(2)22-15(21)12-4-6-13(7-5-12)18-14(20)10-23-16-17-8-9-19(16)3/h4-9,11H,10H2,1-3H3,(H,18,20). The van der Waals surface area contributed by atoms with Gasteiger partial charge < -0.3 is 14.6 Å². The number of hydrogen-bond donors (Lipinski definition) is 1. The quantitative estimate of drug-likeness (QED) is 0.650. The molecule has 7 heteroatoms. The highest BCUT2D eigenvalue weighted by molar-refractivity contribution is 7.99. The van der Waals surface area contributed by atoms with Crippen molar-refractivity contribution in [2.24, 2.45) is 7.05 Å². The first-order chi connectivity index (χ1) is 11.0. The van der Waals surface area contributed by atoms with E-state index in [2.05, 4.69) is 10.3 Å². The molecule has 1 amide bonds. The molecule has 2 aromatic rings. The first-order valence-corrected chi connectivity index (χ1v) is 8.15.